The minimum Gasteiger partial charge on any atom is -0.479 e. The number of carbonyl (C=O) groups excluding carboxylic acids is 2. The van der Waals surface area contributed by atoms with Crippen molar-refractivity contribution in [3.63, 3.8) is 0 Å². The molecule has 7 nitrogen and oxygen atoms in total. The van der Waals surface area contributed by atoms with Gasteiger partial charge < -0.3 is 15.7 Å². The number of nitrogens with zero attached hydrogens (tertiary/aromatic N) is 1. The smallest absolute Gasteiger partial charge is 0.341 e. The summed E-state index contributed by atoms with van der Waals surface area (Å²) in [4.78, 5) is 35.6. The summed E-state index contributed by atoms with van der Waals surface area (Å²) in [7, 11) is 0. The number of carboxylic acids is 1. The fraction of sp³-hybridized carbons (Fsp3) is 0.474. The van der Waals surface area contributed by atoms with Gasteiger partial charge in [-0.05, 0) is 30.9 Å². The average molecular weight is 357 g/mol. The standard InChI is InChI=1S/C19H23N3O4/c20-12-16(19(25)26)21-17(23)11-15(13-7-3-1-4-8-13)22-18(24)14-9-5-2-6-10-14/h2,5-6,9-10,13,15-16H,1,3-4,7-8,11H2,(H,21,23)(H,22,24)(H,25,26)/t15?,16-/m0/s1. The van der Waals surface area contributed by atoms with Crippen molar-refractivity contribution in [3.05, 3.63) is 35.9 Å². The Morgan fingerprint density at radius 1 is 1.12 bits per heavy atom. The summed E-state index contributed by atoms with van der Waals surface area (Å²) in [5.74, 6) is -2.05. The van der Waals surface area contributed by atoms with Crippen LogP contribution in [0, 0.1) is 17.2 Å². The molecule has 26 heavy (non-hydrogen) atoms. The van der Waals surface area contributed by atoms with Crippen LogP contribution in [0.25, 0.3) is 0 Å². The Labute approximate surface area is 152 Å². The third kappa shape index (κ3) is 5.59. The Morgan fingerprint density at radius 3 is 2.35 bits per heavy atom. The molecule has 1 unspecified atom stereocenters. The van der Waals surface area contributed by atoms with E-state index in [1.807, 2.05) is 6.07 Å². The number of amides is 2. The summed E-state index contributed by atoms with van der Waals surface area (Å²) in [5, 5.41) is 22.8. The lowest BCUT2D eigenvalue weighted by atomic mass is 9.82. The van der Waals surface area contributed by atoms with Gasteiger partial charge in [0, 0.05) is 18.0 Å². The van der Waals surface area contributed by atoms with E-state index in [1.54, 1.807) is 24.3 Å². The Balaban J connectivity index is 2.06. The van der Waals surface area contributed by atoms with Gasteiger partial charge in [0.1, 0.15) is 0 Å². The van der Waals surface area contributed by atoms with Gasteiger partial charge in [0.25, 0.3) is 5.91 Å². The van der Waals surface area contributed by atoms with Crippen LogP contribution in [-0.2, 0) is 9.59 Å². The number of hydrogen-bond acceptors (Lipinski definition) is 4. The number of aliphatic carboxylic acids is 1. The normalized spacial score (nSPS) is 16.7. The molecular weight excluding hydrogens is 334 g/mol. The van der Waals surface area contributed by atoms with Crippen molar-refractivity contribution in [2.24, 2.45) is 5.92 Å². The molecule has 138 valence electrons. The summed E-state index contributed by atoms with van der Waals surface area (Å²) in [6, 6.07) is 8.30. The molecule has 0 spiro atoms. The van der Waals surface area contributed by atoms with Crippen LogP contribution in [0.2, 0.25) is 0 Å². The van der Waals surface area contributed by atoms with Crippen molar-refractivity contribution < 1.29 is 19.5 Å². The number of benzene rings is 1. The van der Waals surface area contributed by atoms with Gasteiger partial charge in [-0.2, -0.15) is 5.26 Å². The van der Waals surface area contributed by atoms with Gasteiger partial charge in [-0.25, -0.2) is 4.79 Å². The van der Waals surface area contributed by atoms with Crippen molar-refractivity contribution in [2.45, 2.75) is 50.6 Å². The maximum Gasteiger partial charge on any atom is 0.341 e. The highest BCUT2D eigenvalue weighted by molar-refractivity contribution is 5.94. The number of carboxylic acid groups (broad SMARTS) is 1. The second-order valence-corrected chi connectivity index (χ2v) is 6.52. The molecule has 1 saturated carbocycles. The van der Waals surface area contributed by atoms with E-state index in [4.69, 9.17) is 10.4 Å². The summed E-state index contributed by atoms with van der Waals surface area (Å²) in [5.41, 5.74) is 0.508. The Morgan fingerprint density at radius 2 is 1.77 bits per heavy atom. The fourth-order valence-electron chi connectivity index (χ4n) is 3.28. The van der Waals surface area contributed by atoms with Crippen molar-refractivity contribution in [1.82, 2.24) is 10.6 Å². The minimum absolute atomic E-state index is 0.0469. The third-order valence-corrected chi connectivity index (χ3v) is 4.66. The first-order valence-corrected chi connectivity index (χ1v) is 8.79. The van der Waals surface area contributed by atoms with Crippen LogP contribution in [0.15, 0.2) is 30.3 Å². The molecule has 0 bridgehead atoms. The third-order valence-electron chi connectivity index (χ3n) is 4.66. The largest absolute Gasteiger partial charge is 0.479 e. The predicted octanol–water partition coefficient (Wildman–Crippen LogP) is 1.85. The molecule has 1 aliphatic rings. The van der Waals surface area contributed by atoms with Gasteiger partial charge in [0.2, 0.25) is 11.9 Å². The number of carbonyl (C=O) groups is 3. The first kappa shape index (κ1) is 19.4. The molecule has 1 aromatic rings. The van der Waals surface area contributed by atoms with Gasteiger partial charge in [0.05, 0.1) is 6.07 Å². The molecule has 0 heterocycles. The first-order valence-electron chi connectivity index (χ1n) is 8.79. The van der Waals surface area contributed by atoms with Crippen LogP contribution >= 0.6 is 0 Å². The van der Waals surface area contributed by atoms with E-state index < -0.39 is 24.0 Å². The van der Waals surface area contributed by atoms with Crippen molar-refractivity contribution >= 4 is 17.8 Å². The second kappa shape index (κ2) is 9.56. The Kier molecular flexibility index (Phi) is 7.15. The first-order chi connectivity index (χ1) is 12.5. The highest BCUT2D eigenvalue weighted by Gasteiger charge is 2.29. The quantitative estimate of drug-likeness (QED) is 0.688. The molecule has 1 aliphatic carbocycles. The lowest BCUT2D eigenvalue weighted by Crippen LogP contribution is -2.47. The minimum atomic E-state index is -1.58. The number of nitriles is 1. The van der Waals surface area contributed by atoms with Crippen LogP contribution in [0.4, 0.5) is 0 Å². The van der Waals surface area contributed by atoms with Crippen molar-refractivity contribution in [3.8, 4) is 6.07 Å². The van der Waals surface area contributed by atoms with Crippen LogP contribution < -0.4 is 10.6 Å². The Bertz CT molecular complexity index is 678. The molecule has 2 atom stereocenters. The van der Waals surface area contributed by atoms with Gasteiger partial charge in [-0.1, -0.05) is 37.5 Å². The summed E-state index contributed by atoms with van der Waals surface area (Å²) in [6.07, 6.45) is 4.99. The van der Waals surface area contributed by atoms with E-state index in [0.717, 1.165) is 32.1 Å². The maximum atomic E-state index is 12.5. The molecule has 7 heteroatoms. The molecule has 3 N–H and O–H groups in total. The van der Waals surface area contributed by atoms with E-state index in [2.05, 4.69) is 10.6 Å². The molecule has 2 rings (SSSR count). The van der Waals surface area contributed by atoms with E-state index in [0.29, 0.717) is 5.56 Å². The molecule has 0 radical (unpaired) electrons. The van der Waals surface area contributed by atoms with E-state index >= 15 is 0 Å². The van der Waals surface area contributed by atoms with Gasteiger partial charge in [-0.15, -0.1) is 0 Å². The SMILES string of the molecule is N#C[C@H](NC(=O)CC(NC(=O)c1ccccc1)C1CCCCC1)C(=O)O. The second-order valence-electron chi connectivity index (χ2n) is 6.52. The van der Waals surface area contributed by atoms with Crippen LogP contribution in [0.1, 0.15) is 48.9 Å². The molecule has 0 aliphatic heterocycles. The van der Waals surface area contributed by atoms with Crippen LogP contribution in [-0.4, -0.2) is 35.0 Å². The lowest BCUT2D eigenvalue weighted by Gasteiger charge is -2.30. The highest BCUT2D eigenvalue weighted by Crippen LogP contribution is 2.28. The number of rotatable bonds is 7. The van der Waals surface area contributed by atoms with Crippen molar-refractivity contribution in [1.29, 1.82) is 5.26 Å². The zero-order chi connectivity index (χ0) is 18.9. The molecule has 1 aromatic carbocycles. The van der Waals surface area contributed by atoms with Crippen molar-refractivity contribution in [2.75, 3.05) is 0 Å². The summed E-state index contributed by atoms with van der Waals surface area (Å²) < 4.78 is 0. The monoisotopic (exact) mass is 357 g/mol. The average Bonchev–Trinajstić information content (AvgIpc) is 2.66. The topological polar surface area (TPSA) is 119 Å². The van der Waals surface area contributed by atoms with E-state index in [-0.39, 0.29) is 18.2 Å². The molecule has 0 saturated heterocycles. The van der Waals surface area contributed by atoms with Gasteiger partial charge >= 0.3 is 5.97 Å². The maximum absolute atomic E-state index is 12.5. The lowest BCUT2D eigenvalue weighted by molar-refractivity contribution is -0.140. The predicted molar refractivity (Wildman–Crippen MR) is 94.1 cm³/mol. The molecule has 2 amide bonds. The van der Waals surface area contributed by atoms with Gasteiger partial charge in [-0.3, -0.25) is 9.59 Å². The zero-order valence-electron chi connectivity index (χ0n) is 14.5. The van der Waals surface area contributed by atoms with Crippen LogP contribution in [0.5, 0.6) is 0 Å². The summed E-state index contributed by atoms with van der Waals surface area (Å²) >= 11 is 0. The molecule has 1 fully saturated rings. The summed E-state index contributed by atoms with van der Waals surface area (Å²) in [6.45, 7) is 0. The van der Waals surface area contributed by atoms with E-state index in [1.165, 1.54) is 6.07 Å². The number of nitrogens with one attached hydrogen (secondary N) is 2. The van der Waals surface area contributed by atoms with E-state index in [9.17, 15) is 14.4 Å². The van der Waals surface area contributed by atoms with Gasteiger partial charge in [0.15, 0.2) is 0 Å². The zero-order valence-corrected chi connectivity index (χ0v) is 14.5. The molecule has 0 aromatic heterocycles. The Hall–Kier alpha value is -2.88. The highest BCUT2D eigenvalue weighted by atomic mass is 16.4. The fourth-order valence-corrected chi connectivity index (χ4v) is 3.28. The van der Waals surface area contributed by atoms with Crippen LogP contribution in [0.3, 0.4) is 0 Å². The molecular formula is C19H23N3O4. The number of hydrogen-bond donors (Lipinski definition) is 3.